The summed E-state index contributed by atoms with van der Waals surface area (Å²) < 4.78 is 6.47. The molecule has 0 aliphatic heterocycles. The van der Waals surface area contributed by atoms with Gasteiger partial charge in [-0.1, -0.05) is 29.8 Å². The molecule has 0 radical (unpaired) electrons. The minimum Gasteiger partial charge on any atom is -0.495 e. The van der Waals surface area contributed by atoms with Gasteiger partial charge in [-0.25, -0.2) is 0 Å². The summed E-state index contributed by atoms with van der Waals surface area (Å²) in [5, 5.41) is 19.2. The Balaban J connectivity index is 1.64. The number of methoxy groups -OCH3 is 1. The van der Waals surface area contributed by atoms with E-state index in [1.165, 1.54) is 4.70 Å². The van der Waals surface area contributed by atoms with Gasteiger partial charge in [-0.05, 0) is 40.4 Å². The topological polar surface area (TPSA) is 76.6 Å². The summed E-state index contributed by atoms with van der Waals surface area (Å²) in [5.74, 6) is 1.22. The molecular formula is C20H14ClN5OS. The van der Waals surface area contributed by atoms with Gasteiger partial charge in [0.05, 0.1) is 23.3 Å². The molecule has 138 valence electrons. The number of fused-ring (bicyclic) bond motifs is 3. The maximum atomic E-state index is 6.30. The van der Waals surface area contributed by atoms with E-state index in [9.17, 15) is 0 Å². The lowest BCUT2D eigenvalue weighted by Crippen LogP contribution is -1.95. The van der Waals surface area contributed by atoms with Crippen LogP contribution in [0.4, 0.5) is 0 Å². The van der Waals surface area contributed by atoms with E-state index in [1.54, 1.807) is 18.4 Å². The van der Waals surface area contributed by atoms with Gasteiger partial charge in [-0.2, -0.15) is 5.21 Å². The van der Waals surface area contributed by atoms with Crippen LogP contribution < -0.4 is 4.74 Å². The van der Waals surface area contributed by atoms with Crippen LogP contribution in [0.1, 0.15) is 11.3 Å². The molecule has 3 aromatic heterocycles. The highest BCUT2D eigenvalue weighted by Gasteiger charge is 2.13. The van der Waals surface area contributed by atoms with Crippen molar-refractivity contribution in [3.63, 3.8) is 0 Å². The van der Waals surface area contributed by atoms with E-state index in [1.807, 2.05) is 30.3 Å². The van der Waals surface area contributed by atoms with Crippen LogP contribution in [0.2, 0.25) is 5.02 Å². The number of pyridine rings is 1. The zero-order chi connectivity index (χ0) is 19.1. The number of ether oxygens (including phenoxy) is 1. The second kappa shape index (κ2) is 6.85. The van der Waals surface area contributed by atoms with Gasteiger partial charge in [0, 0.05) is 27.5 Å². The van der Waals surface area contributed by atoms with Gasteiger partial charge in [-0.3, -0.25) is 4.98 Å². The predicted molar refractivity (Wildman–Crippen MR) is 111 cm³/mol. The molecular weight excluding hydrogens is 394 g/mol. The molecule has 0 fully saturated rings. The third kappa shape index (κ3) is 2.89. The molecule has 5 rings (SSSR count). The summed E-state index contributed by atoms with van der Waals surface area (Å²) in [4.78, 5) is 4.96. The summed E-state index contributed by atoms with van der Waals surface area (Å²) >= 11 is 8.02. The van der Waals surface area contributed by atoms with Gasteiger partial charge in [0.1, 0.15) is 5.75 Å². The van der Waals surface area contributed by atoms with E-state index in [4.69, 9.17) is 21.3 Å². The first kappa shape index (κ1) is 17.1. The summed E-state index contributed by atoms with van der Waals surface area (Å²) in [5.41, 5.74) is 3.88. The molecule has 3 heterocycles. The van der Waals surface area contributed by atoms with Gasteiger partial charge in [-0.15, -0.1) is 21.5 Å². The van der Waals surface area contributed by atoms with E-state index in [-0.39, 0.29) is 0 Å². The normalized spacial score (nSPS) is 11.4. The molecule has 0 bridgehead atoms. The molecule has 0 saturated heterocycles. The lowest BCUT2D eigenvalue weighted by molar-refractivity contribution is 0.415. The highest BCUT2D eigenvalue weighted by molar-refractivity contribution is 7.18. The van der Waals surface area contributed by atoms with E-state index in [0.29, 0.717) is 23.0 Å². The Kier molecular flexibility index (Phi) is 4.18. The molecule has 0 aliphatic carbocycles. The number of thiophene rings is 1. The second-order valence-corrected chi connectivity index (χ2v) is 7.66. The van der Waals surface area contributed by atoms with Gasteiger partial charge < -0.3 is 4.74 Å². The molecule has 0 aliphatic rings. The summed E-state index contributed by atoms with van der Waals surface area (Å²) in [6, 6.07) is 14.0. The first-order valence-electron chi connectivity index (χ1n) is 8.59. The van der Waals surface area contributed by atoms with Crippen LogP contribution in [0.15, 0.2) is 47.8 Å². The molecule has 6 nitrogen and oxygen atoms in total. The number of halogens is 1. The highest BCUT2D eigenvalue weighted by Crippen LogP contribution is 2.34. The Bertz CT molecular complexity index is 1300. The Morgan fingerprint density at radius 1 is 1.11 bits per heavy atom. The van der Waals surface area contributed by atoms with Gasteiger partial charge >= 0.3 is 0 Å². The molecule has 2 aromatic carbocycles. The number of tetrazole rings is 1. The molecule has 8 heteroatoms. The van der Waals surface area contributed by atoms with Crippen molar-refractivity contribution in [3.05, 3.63) is 64.1 Å². The third-order valence-electron chi connectivity index (χ3n) is 4.67. The van der Waals surface area contributed by atoms with E-state index >= 15 is 0 Å². The van der Waals surface area contributed by atoms with Gasteiger partial charge in [0.25, 0.3) is 0 Å². The molecule has 5 aromatic rings. The van der Waals surface area contributed by atoms with Crippen molar-refractivity contribution in [1.82, 2.24) is 25.6 Å². The van der Waals surface area contributed by atoms with Crippen molar-refractivity contribution in [2.24, 2.45) is 0 Å². The average Bonchev–Trinajstić information content (AvgIpc) is 3.40. The molecule has 0 saturated carbocycles. The van der Waals surface area contributed by atoms with Crippen molar-refractivity contribution in [2.45, 2.75) is 6.42 Å². The zero-order valence-electron chi connectivity index (χ0n) is 14.8. The lowest BCUT2D eigenvalue weighted by Gasteiger charge is -2.09. The number of hydrogen-bond donors (Lipinski definition) is 1. The summed E-state index contributed by atoms with van der Waals surface area (Å²) in [6.45, 7) is 0. The fraction of sp³-hybridized carbons (Fsp3) is 0.100. The quantitative estimate of drug-likeness (QED) is 0.459. The number of benzene rings is 2. The van der Waals surface area contributed by atoms with Crippen molar-refractivity contribution in [1.29, 1.82) is 0 Å². The Labute approximate surface area is 169 Å². The molecule has 0 amide bonds. The van der Waals surface area contributed by atoms with Crippen LogP contribution in [0.5, 0.6) is 5.75 Å². The number of aromatic nitrogens is 5. The predicted octanol–water partition coefficient (Wildman–Crippen LogP) is 4.88. The van der Waals surface area contributed by atoms with Crippen LogP contribution in [0.25, 0.3) is 32.4 Å². The van der Waals surface area contributed by atoms with Crippen LogP contribution in [0.3, 0.4) is 0 Å². The first-order valence-corrected chi connectivity index (χ1v) is 9.85. The van der Waals surface area contributed by atoms with E-state index in [2.05, 4.69) is 38.1 Å². The number of H-pyrrole nitrogens is 1. The minimum atomic E-state index is 0.554. The fourth-order valence-electron chi connectivity index (χ4n) is 3.34. The van der Waals surface area contributed by atoms with E-state index in [0.717, 1.165) is 33.1 Å². The minimum absolute atomic E-state index is 0.554. The molecule has 0 unspecified atom stereocenters. The smallest absolute Gasteiger partial charge is 0.204 e. The molecule has 28 heavy (non-hydrogen) atoms. The Hall–Kier alpha value is -3.03. The largest absolute Gasteiger partial charge is 0.495 e. The SMILES string of the molecule is COc1ccc(Cc2nc3cc(-c4nn[nH]n4)ccc3c3sccc23)cc1Cl. The third-order valence-corrected chi connectivity index (χ3v) is 5.91. The van der Waals surface area contributed by atoms with Crippen molar-refractivity contribution in [2.75, 3.05) is 7.11 Å². The number of aromatic amines is 1. The van der Waals surface area contributed by atoms with Crippen molar-refractivity contribution >= 4 is 43.9 Å². The molecule has 0 spiro atoms. The molecule has 0 atom stereocenters. The second-order valence-electron chi connectivity index (χ2n) is 6.33. The maximum Gasteiger partial charge on any atom is 0.204 e. The number of hydrogen-bond acceptors (Lipinski definition) is 6. The lowest BCUT2D eigenvalue weighted by atomic mass is 10.0. The number of nitrogens with one attached hydrogen (secondary N) is 1. The van der Waals surface area contributed by atoms with E-state index < -0.39 is 0 Å². The van der Waals surface area contributed by atoms with Gasteiger partial charge in [0.15, 0.2) is 0 Å². The zero-order valence-corrected chi connectivity index (χ0v) is 16.4. The Morgan fingerprint density at radius 3 is 2.82 bits per heavy atom. The van der Waals surface area contributed by atoms with Crippen LogP contribution in [-0.4, -0.2) is 32.7 Å². The fourth-order valence-corrected chi connectivity index (χ4v) is 4.57. The first-order chi connectivity index (χ1) is 13.7. The summed E-state index contributed by atoms with van der Waals surface area (Å²) in [7, 11) is 1.61. The highest BCUT2D eigenvalue weighted by atomic mass is 35.5. The maximum absolute atomic E-state index is 6.30. The van der Waals surface area contributed by atoms with Crippen LogP contribution >= 0.6 is 22.9 Å². The monoisotopic (exact) mass is 407 g/mol. The number of rotatable bonds is 4. The van der Waals surface area contributed by atoms with Crippen LogP contribution in [-0.2, 0) is 6.42 Å². The average molecular weight is 408 g/mol. The van der Waals surface area contributed by atoms with Crippen LogP contribution in [0, 0.1) is 0 Å². The summed E-state index contributed by atoms with van der Waals surface area (Å²) in [6.07, 6.45) is 0.680. The van der Waals surface area contributed by atoms with Crippen molar-refractivity contribution in [3.8, 4) is 17.1 Å². The molecule has 1 N–H and O–H groups in total. The standard InChI is InChI=1S/C20H14ClN5OS/c1-27-18-5-2-11(8-15(18)21)9-16-14-6-7-28-19(14)13-4-3-12(10-17(13)22-16)20-23-25-26-24-20/h2-8,10H,9H2,1H3,(H,23,24,25,26). The van der Waals surface area contributed by atoms with Crippen molar-refractivity contribution < 1.29 is 4.74 Å². The Morgan fingerprint density at radius 2 is 2.04 bits per heavy atom. The number of nitrogens with zero attached hydrogens (tertiary/aromatic N) is 4. The van der Waals surface area contributed by atoms with Gasteiger partial charge in [0.2, 0.25) is 5.82 Å².